The van der Waals surface area contributed by atoms with Crippen LogP contribution in [-0.4, -0.2) is 59.1 Å². The van der Waals surface area contributed by atoms with Gasteiger partial charge in [0, 0.05) is 0 Å². The number of aliphatic imine (C=N–C) groups is 1. The summed E-state index contributed by atoms with van der Waals surface area (Å²) in [5.74, 6) is -6.97. The van der Waals surface area contributed by atoms with E-state index in [0.29, 0.717) is 0 Å². The van der Waals surface area contributed by atoms with Crippen molar-refractivity contribution in [1.29, 1.82) is 0 Å². The first-order valence-electron chi connectivity index (χ1n) is 5.45. The summed E-state index contributed by atoms with van der Waals surface area (Å²) in [5.41, 5.74) is 0. The van der Waals surface area contributed by atoms with Crippen LogP contribution in [0.5, 0.6) is 0 Å². The van der Waals surface area contributed by atoms with Gasteiger partial charge >= 0.3 is 11.6 Å². The zero-order chi connectivity index (χ0) is 20.4. The zero-order valence-corrected chi connectivity index (χ0v) is 11.4. The minimum Gasteiger partial charge on any atom is -0.282 e. The average Bonchev–Trinajstić information content (AvgIpc) is 2.75. The van der Waals surface area contributed by atoms with Gasteiger partial charge in [0.1, 0.15) is 0 Å². The highest BCUT2D eigenvalue weighted by atomic mass is 17.0. The summed E-state index contributed by atoms with van der Waals surface area (Å²) in [4.78, 5) is 68.0. The van der Waals surface area contributed by atoms with E-state index in [1.807, 2.05) is 0 Å². The third kappa shape index (κ3) is 2.95. The Morgan fingerprint density at radius 1 is 0.808 bits per heavy atom. The third-order valence-corrected chi connectivity index (χ3v) is 2.58. The highest BCUT2D eigenvalue weighted by molar-refractivity contribution is 5.88. The van der Waals surface area contributed by atoms with Gasteiger partial charge in [-0.15, -0.1) is 20.2 Å². The van der Waals surface area contributed by atoms with Crippen molar-refractivity contribution in [2.45, 2.75) is 18.2 Å². The Hall–Kier alpha value is -4.53. The summed E-state index contributed by atoms with van der Waals surface area (Å²) in [7, 11) is 0. The molecule has 0 saturated heterocycles. The molecule has 0 fully saturated rings. The molecule has 2 unspecified atom stereocenters. The SMILES string of the molecule is O=[N+]([O-])OC1N=C(C([N+](=O)[O-])([N+](=O)[O-])[N+](=O)[O-])N([N+](=O)[O-])C1O[N+](=O)[O-]. The van der Waals surface area contributed by atoms with E-state index in [1.165, 1.54) is 0 Å². The first-order valence-corrected chi connectivity index (χ1v) is 5.45. The van der Waals surface area contributed by atoms with Crippen LogP contribution in [0.4, 0.5) is 0 Å². The molecule has 22 heteroatoms. The van der Waals surface area contributed by atoms with Crippen LogP contribution in [-0.2, 0) is 9.68 Å². The standard InChI is InChI=1S/C4H2N8O14/c13-7(14)4(8(15)16,9(17)18)3-5-1(25-11(21)22)2(26-12(23)24)6(3)10(19)20/h1-2H. The van der Waals surface area contributed by atoms with Crippen LogP contribution in [0, 0.1) is 60.7 Å². The molecule has 0 N–H and O–H groups in total. The van der Waals surface area contributed by atoms with Gasteiger partial charge in [0.2, 0.25) is 0 Å². The summed E-state index contributed by atoms with van der Waals surface area (Å²) in [5, 5.41) is 58.3. The lowest BCUT2D eigenvalue weighted by Gasteiger charge is -2.18. The molecule has 0 bridgehead atoms. The molecule has 1 aliphatic rings. The number of hydrogen-bond acceptors (Lipinski definition) is 15. The Kier molecular flexibility index (Phi) is 4.90. The van der Waals surface area contributed by atoms with Crippen LogP contribution in [0.3, 0.4) is 0 Å². The number of amidine groups is 1. The molecular weight excluding hydrogens is 384 g/mol. The van der Waals surface area contributed by atoms with Crippen molar-refractivity contribution in [1.82, 2.24) is 5.01 Å². The van der Waals surface area contributed by atoms with E-state index in [0.717, 1.165) is 0 Å². The number of hydrogen-bond donors (Lipinski definition) is 0. The van der Waals surface area contributed by atoms with Crippen molar-refractivity contribution in [3.05, 3.63) is 60.7 Å². The first kappa shape index (κ1) is 19.5. The summed E-state index contributed by atoms with van der Waals surface area (Å²) in [6.45, 7) is 0. The maximum Gasteiger partial charge on any atom is 0.766 e. The molecule has 22 nitrogen and oxygen atoms in total. The quantitative estimate of drug-likeness (QED) is 0.223. The molecule has 1 rings (SSSR count). The molecule has 0 aromatic rings. The van der Waals surface area contributed by atoms with Gasteiger partial charge in [0.15, 0.2) is 19.8 Å². The summed E-state index contributed by atoms with van der Waals surface area (Å²) < 4.78 is 0. The van der Waals surface area contributed by atoms with E-state index in [-0.39, 0.29) is 0 Å². The highest BCUT2D eigenvalue weighted by Crippen LogP contribution is 2.29. The molecule has 2 atom stereocenters. The monoisotopic (exact) mass is 386 g/mol. The molecule has 26 heavy (non-hydrogen) atoms. The van der Waals surface area contributed by atoms with Crippen LogP contribution >= 0.6 is 0 Å². The largest absolute Gasteiger partial charge is 0.766 e. The number of hydrazine groups is 1. The molecule has 0 saturated carbocycles. The van der Waals surface area contributed by atoms with E-state index < -0.39 is 59.1 Å². The maximum absolute atomic E-state index is 11.0. The summed E-state index contributed by atoms with van der Waals surface area (Å²) in [6, 6.07) is 0. The van der Waals surface area contributed by atoms with Crippen LogP contribution in [0.15, 0.2) is 4.99 Å². The van der Waals surface area contributed by atoms with Gasteiger partial charge in [-0.05, 0) is 5.01 Å². The number of nitro groups is 4. The van der Waals surface area contributed by atoms with Gasteiger partial charge in [-0.3, -0.25) is 40.0 Å². The minimum absolute atomic E-state index is 0.953. The molecule has 0 amide bonds. The van der Waals surface area contributed by atoms with E-state index in [1.54, 1.807) is 0 Å². The molecule has 1 heterocycles. The maximum atomic E-state index is 11.0. The van der Waals surface area contributed by atoms with Gasteiger partial charge in [-0.1, -0.05) is 0 Å². The van der Waals surface area contributed by atoms with E-state index in [9.17, 15) is 60.7 Å². The predicted molar refractivity (Wildman–Crippen MR) is 63.7 cm³/mol. The zero-order valence-electron chi connectivity index (χ0n) is 11.4. The summed E-state index contributed by atoms with van der Waals surface area (Å²) >= 11 is 0. The Balaban J connectivity index is 3.71. The molecular formula is C4H2N8O14. The van der Waals surface area contributed by atoms with Crippen LogP contribution < -0.4 is 0 Å². The predicted octanol–water partition coefficient (Wildman–Crippen LogP) is -2.56. The lowest BCUT2D eigenvalue weighted by molar-refractivity contribution is -0.948. The van der Waals surface area contributed by atoms with Gasteiger partial charge < -0.3 is 0 Å². The Bertz CT molecular complexity index is 692. The van der Waals surface area contributed by atoms with Crippen molar-refractivity contribution in [2.24, 2.45) is 4.99 Å². The van der Waals surface area contributed by atoms with E-state index >= 15 is 0 Å². The smallest absolute Gasteiger partial charge is 0.282 e. The fraction of sp³-hybridized carbons (Fsp3) is 0.750. The third-order valence-electron chi connectivity index (χ3n) is 2.58. The fourth-order valence-electron chi connectivity index (χ4n) is 1.69. The molecule has 142 valence electrons. The van der Waals surface area contributed by atoms with E-state index in [4.69, 9.17) is 0 Å². The molecule has 0 aromatic heterocycles. The van der Waals surface area contributed by atoms with Crippen LogP contribution in [0.1, 0.15) is 0 Å². The van der Waals surface area contributed by atoms with Gasteiger partial charge in [-0.25, -0.2) is 15.1 Å². The van der Waals surface area contributed by atoms with Crippen molar-refractivity contribution >= 4 is 5.84 Å². The molecule has 1 aliphatic heterocycles. The van der Waals surface area contributed by atoms with E-state index in [2.05, 4.69) is 14.7 Å². The minimum atomic E-state index is -4.74. The van der Waals surface area contributed by atoms with Crippen molar-refractivity contribution < 1.29 is 39.7 Å². The highest BCUT2D eigenvalue weighted by Gasteiger charge is 2.83. The average molecular weight is 386 g/mol. The Morgan fingerprint density at radius 2 is 1.23 bits per heavy atom. The first-order chi connectivity index (χ1) is 11.9. The Morgan fingerprint density at radius 3 is 1.54 bits per heavy atom. The van der Waals surface area contributed by atoms with Gasteiger partial charge in [0.25, 0.3) is 22.6 Å². The molecule has 0 radical (unpaired) electrons. The second kappa shape index (κ2) is 6.53. The van der Waals surface area contributed by atoms with Crippen LogP contribution in [0.25, 0.3) is 0 Å². The van der Waals surface area contributed by atoms with Crippen molar-refractivity contribution in [3.63, 3.8) is 0 Å². The van der Waals surface area contributed by atoms with Gasteiger partial charge in [0.05, 0.1) is 0 Å². The second-order valence-electron chi connectivity index (χ2n) is 3.88. The molecule has 0 spiro atoms. The van der Waals surface area contributed by atoms with Crippen molar-refractivity contribution in [2.75, 3.05) is 0 Å². The van der Waals surface area contributed by atoms with Crippen LogP contribution in [0.2, 0.25) is 0 Å². The normalized spacial score (nSPS) is 19.2. The number of rotatable bonds is 9. The van der Waals surface area contributed by atoms with Gasteiger partial charge in [-0.2, -0.15) is 0 Å². The lowest BCUT2D eigenvalue weighted by atomic mass is 10.3. The van der Waals surface area contributed by atoms with Crippen molar-refractivity contribution in [3.8, 4) is 0 Å². The second-order valence-corrected chi connectivity index (χ2v) is 3.88. The lowest BCUT2D eigenvalue weighted by Crippen LogP contribution is -2.65. The topological polar surface area (TPSA) is 293 Å². The number of nitrogens with zero attached hydrogens (tertiary/aromatic N) is 8. The fourth-order valence-corrected chi connectivity index (χ4v) is 1.69. The molecule has 0 aliphatic carbocycles. The molecule has 0 aromatic carbocycles. The summed E-state index contributed by atoms with van der Waals surface area (Å²) in [6.07, 6.45) is -5.69. The Labute approximate surface area is 136 Å².